The molecule has 1 saturated heterocycles. The number of carbonyl (C=O) groups excluding carboxylic acids is 1. The van der Waals surface area contributed by atoms with Gasteiger partial charge in [-0.3, -0.25) is 14.9 Å². The second-order valence-electron chi connectivity index (χ2n) is 5.62. The van der Waals surface area contributed by atoms with Crippen LogP contribution in [-0.4, -0.2) is 44.9 Å². The number of carbonyl (C=O) groups is 1. The van der Waals surface area contributed by atoms with Crippen LogP contribution in [-0.2, 0) is 0 Å². The molecule has 1 atom stereocenters. The second kappa shape index (κ2) is 7.43. The topological polar surface area (TPSA) is 98.5 Å². The average molecular weight is 363 g/mol. The minimum absolute atomic E-state index is 0.0451. The van der Waals surface area contributed by atoms with E-state index >= 15 is 0 Å². The Morgan fingerprint density at radius 2 is 1.96 bits per heavy atom. The minimum Gasteiger partial charge on any atom is -0.458 e. The Kier molecular flexibility index (Phi) is 5.08. The molecule has 3 rings (SSSR count). The number of ether oxygens (including phenoxy) is 1. The second-order valence-corrected chi connectivity index (χ2v) is 6.06. The van der Waals surface area contributed by atoms with Gasteiger partial charge in [-0.2, -0.15) is 0 Å². The molecule has 9 heteroatoms. The molecule has 0 radical (unpaired) electrons. The molecule has 130 valence electrons. The van der Waals surface area contributed by atoms with Gasteiger partial charge in [0.25, 0.3) is 11.6 Å². The van der Waals surface area contributed by atoms with Gasteiger partial charge in [0.15, 0.2) is 0 Å². The third kappa shape index (κ3) is 4.21. The maximum absolute atomic E-state index is 12.6. The van der Waals surface area contributed by atoms with Gasteiger partial charge in [0.2, 0.25) is 0 Å². The zero-order valence-corrected chi connectivity index (χ0v) is 13.9. The van der Waals surface area contributed by atoms with E-state index < -0.39 is 4.92 Å². The quantitative estimate of drug-likeness (QED) is 0.612. The molecule has 1 aliphatic rings. The fraction of sp³-hybridized carbons (Fsp3) is 0.312. The van der Waals surface area contributed by atoms with Gasteiger partial charge >= 0.3 is 6.01 Å². The molecule has 8 nitrogen and oxygen atoms in total. The van der Waals surface area contributed by atoms with Crippen molar-refractivity contribution in [3.63, 3.8) is 0 Å². The number of rotatable bonds is 4. The van der Waals surface area contributed by atoms with Gasteiger partial charge in [0.05, 0.1) is 28.9 Å². The number of hydrogen-bond acceptors (Lipinski definition) is 6. The zero-order chi connectivity index (χ0) is 17.8. The fourth-order valence-electron chi connectivity index (χ4n) is 2.64. The maximum atomic E-state index is 12.6. The molecule has 1 aromatic carbocycles. The van der Waals surface area contributed by atoms with E-state index in [0.717, 1.165) is 12.8 Å². The van der Waals surface area contributed by atoms with E-state index in [1.807, 2.05) is 0 Å². The van der Waals surface area contributed by atoms with E-state index in [1.165, 1.54) is 36.7 Å². The van der Waals surface area contributed by atoms with Crippen LogP contribution in [0, 0.1) is 10.1 Å². The van der Waals surface area contributed by atoms with Crippen molar-refractivity contribution in [2.24, 2.45) is 0 Å². The number of piperidine rings is 1. The molecule has 1 aromatic heterocycles. The van der Waals surface area contributed by atoms with Crippen molar-refractivity contribution < 1.29 is 14.5 Å². The number of likely N-dealkylation sites (tertiary alicyclic amines) is 1. The van der Waals surface area contributed by atoms with Crippen molar-refractivity contribution in [1.29, 1.82) is 0 Å². The van der Waals surface area contributed by atoms with Crippen LogP contribution in [0.2, 0.25) is 5.02 Å². The Hall–Kier alpha value is -2.74. The van der Waals surface area contributed by atoms with Crippen LogP contribution in [0.1, 0.15) is 23.2 Å². The summed E-state index contributed by atoms with van der Waals surface area (Å²) in [5, 5.41) is 11.1. The summed E-state index contributed by atoms with van der Waals surface area (Å²) in [6.07, 6.45) is 4.27. The molecule has 0 saturated carbocycles. The molecule has 0 spiro atoms. The molecule has 25 heavy (non-hydrogen) atoms. The Morgan fingerprint density at radius 3 is 2.60 bits per heavy atom. The standard InChI is InChI=1S/C16H15ClN4O4/c17-12-8-18-16(19-9-12)25-14-2-1-7-20(10-14)15(22)11-3-5-13(6-4-11)21(23)24/h3-6,8-9,14H,1-2,7,10H2. The first-order chi connectivity index (χ1) is 12.0. The first-order valence-corrected chi connectivity index (χ1v) is 8.08. The van der Waals surface area contributed by atoms with Crippen LogP contribution in [0.15, 0.2) is 36.7 Å². The SMILES string of the molecule is O=C(c1ccc([N+](=O)[O-])cc1)N1CCCC(Oc2ncc(Cl)cn2)C1. The number of benzene rings is 1. The fourth-order valence-corrected chi connectivity index (χ4v) is 2.74. The average Bonchev–Trinajstić information content (AvgIpc) is 2.63. The molecular weight excluding hydrogens is 348 g/mol. The van der Waals surface area contributed by atoms with E-state index in [4.69, 9.17) is 16.3 Å². The number of halogens is 1. The molecule has 1 aliphatic heterocycles. The highest BCUT2D eigenvalue weighted by Gasteiger charge is 2.26. The Balaban J connectivity index is 1.64. The minimum atomic E-state index is -0.495. The highest BCUT2D eigenvalue weighted by molar-refractivity contribution is 6.30. The van der Waals surface area contributed by atoms with Gasteiger partial charge in [0, 0.05) is 24.2 Å². The third-order valence-corrected chi connectivity index (χ3v) is 4.05. The monoisotopic (exact) mass is 362 g/mol. The zero-order valence-electron chi connectivity index (χ0n) is 13.2. The summed E-state index contributed by atoms with van der Waals surface area (Å²) in [7, 11) is 0. The lowest BCUT2D eigenvalue weighted by atomic mass is 10.1. The summed E-state index contributed by atoms with van der Waals surface area (Å²) in [5.41, 5.74) is 0.366. The van der Waals surface area contributed by atoms with Gasteiger partial charge in [-0.25, -0.2) is 9.97 Å². The molecule has 1 amide bonds. The number of nitro groups is 1. The third-order valence-electron chi connectivity index (χ3n) is 3.86. The molecule has 0 N–H and O–H groups in total. The van der Waals surface area contributed by atoms with Gasteiger partial charge in [-0.1, -0.05) is 11.6 Å². The van der Waals surface area contributed by atoms with E-state index in [9.17, 15) is 14.9 Å². The number of amides is 1. The molecule has 0 bridgehead atoms. The van der Waals surface area contributed by atoms with E-state index in [-0.39, 0.29) is 23.7 Å². The predicted molar refractivity (Wildman–Crippen MR) is 89.7 cm³/mol. The Labute approximate surface area is 148 Å². The molecule has 0 aliphatic carbocycles. The summed E-state index contributed by atoms with van der Waals surface area (Å²) >= 11 is 5.74. The Bertz CT molecular complexity index is 767. The summed E-state index contributed by atoms with van der Waals surface area (Å²) < 4.78 is 5.71. The van der Waals surface area contributed by atoms with E-state index in [0.29, 0.717) is 23.7 Å². The Morgan fingerprint density at radius 1 is 1.28 bits per heavy atom. The van der Waals surface area contributed by atoms with Crippen molar-refractivity contribution in [3.05, 3.63) is 57.4 Å². The molecule has 2 aromatic rings. The number of nitrogens with zero attached hydrogens (tertiary/aromatic N) is 4. The lowest BCUT2D eigenvalue weighted by Gasteiger charge is -2.32. The normalized spacial score (nSPS) is 17.2. The summed E-state index contributed by atoms with van der Waals surface area (Å²) in [6.45, 7) is 1.01. The van der Waals surface area contributed by atoms with Crippen LogP contribution < -0.4 is 4.74 Å². The lowest BCUT2D eigenvalue weighted by molar-refractivity contribution is -0.384. The van der Waals surface area contributed by atoms with Crippen molar-refractivity contribution in [2.45, 2.75) is 18.9 Å². The first kappa shape index (κ1) is 17.1. The maximum Gasteiger partial charge on any atom is 0.316 e. The van der Waals surface area contributed by atoms with Crippen LogP contribution in [0.4, 0.5) is 5.69 Å². The van der Waals surface area contributed by atoms with Crippen molar-refractivity contribution in [3.8, 4) is 6.01 Å². The van der Waals surface area contributed by atoms with Crippen LogP contribution in [0.25, 0.3) is 0 Å². The van der Waals surface area contributed by atoms with Crippen molar-refractivity contribution in [2.75, 3.05) is 13.1 Å². The van der Waals surface area contributed by atoms with Crippen molar-refractivity contribution >= 4 is 23.2 Å². The highest BCUT2D eigenvalue weighted by atomic mass is 35.5. The number of hydrogen-bond donors (Lipinski definition) is 0. The van der Waals surface area contributed by atoms with Gasteiger partial charge < -0.3 is 9.64 Å². The predicted octanol–water partition coefficient (Wildman–Crippen LogP) is 2.72. The summed E-state index contributed by atoms with van der Waals surface area (Å²) in [6, 6.07) is 5.80. The first-order valence-electron chi connectivity index (χ1n) is 7.71. The largest absolute Gasteiger partial charge is 0.458 e. The van der Waals surface area contributed by atoms with Crippen molar-refractivity contribution in [1.82, 2.24) is 14.9 Å². The highest BCUT2D eigenvalue weighted by Crippen LogP contribution is 2.19. The van der Waals surface area contributed by atoms with E-state index in [2.05, 4.69) is 9.97 Å². The summed E-state index contributed by atoms with van der Waals surface area (Å²) in [5.74, 6) is -0.180. The van der Waals surface area contributed by atoms with Gasteiger partial charge in [-0.15, -0.1) is 0 Å². The molecular formula is C16H15ClN4O4. The number of non-ortho nitro benzene ring substituents is 1. The number of aromatic nitrogens is 2. The van der Waals surface area contributed by atoms with Crippen LogP contribution in [0.3, 0.4) is 0 Å². The molecule has 1 unspecified atom stereocenters. The summed E-state index contributed by atoms with van der Waals surface area (Å²) in [4.78, 5) is 32.4. The van der Waals surface area contributed by atoms with Crippen LogP contribution >= 0.6 is 11.6 Å². The lowest BCUT2D eigenvalue weighted by Crippen LogP contribution is -2.44. The van der Waals surface area contributed by atoms with Gasteiger partial charge in [-0.05, 0) is 25.0 Å². The van der Waals surface area contributed by atoms with E-state index in [1.54, 1.807) is 4.90 Å². The molecule has 2 heterocycles. The van der Waals surface area contributed by atoms with Crippen LogP contribution in [0.5, 0.6) is 6.01 Å². The smallest absolute Gasteiger partial charge is 0.316 e. The molecule has 1 fully saturated rings. The number of nitro benzene ring substituents is 1. The van der Waals surface area contributed by atoms with Gasteiger partial charge in [0.1, 0.15) is 6.10 Å².